The van der Waals surface area contributed by atoms with Gasteiger partial charge >= 0.3 is 0 Å². The first-order valence-electron chi connectivity index (χ1n) is 7.41. The van der Waals surface area contributed by atoms with E-state index in [2.05, 4.69) is 4.98 Å². The maximum atomic E-state index is 12.3. The van der Waals surface area contributed by atoms with Gasteiger partial charge in [0, 0.05) is 41.6 Å². The fourth-order valence-corrected chi connectivity index (χ4v) is 2.61. The van der Waals surface area contributed by atoms with Gasteiger partial charge in [-0.05, 0) is 54.8 Å². The van der Waals surface area contributed by atoms with Gasteiger partial charge in [0.2, 0.25) is 5.91 Å². The summed E-state index contributed by atoms with van der Waals surface area (Å²) in [7, 11) is 0. The molecule has 2 aromatic rings. The first-order chi connectivity index (χ1) is 11.1. The molecule has 120 valence electrons. The molecule has 0 aliphatic rings. The monoisotopic (exact) mass is 348 g/mol. The molecule has 0 spiro atoms. The van der Waals surface area contributed by atoms with Gasteiger partial charge in [0.15, 0.2) is 0 Å². The van der Waals surface area contributed by atoms with Crippen molar-refractivity contribution in [2.45, 2.75) is 13.3 Å². The van der Waals surface area contributed by atoms with Gasteiger partial charge in [0.05, 0.1) is 0 Å². The molecule has 23 heavy (non-hydrogen) atoms. The van der Waals surface area contributed by atoms with E-state index in [1.807, 2.05) is 19.1 Å². The summed E-state index contributed by atoms with van der Waals surface area (Å²) in [4.78, 5) is 18.1. The molecule has 0 aliphatic carbocycles. The van der Waals surface area contributed by atoms with E-state index in [0.29, 0.717) is 23.1 Å². The largest absolute Gasteiger partial charge is 0.339 e. The maximum Gasteiger partial charge on any atom is 0.246 e. The fourth-order valence-electron chi connectivity index (χ4n) is 2.14. The highest BCUT2D eigenvalue weighted by atomic mass is 35.5. The van der Waals surface area contributed by atoms with Gasteiger partial charge in [-0.25, -0.2) is 0 Å². The molecule has 0 N–H and O–H groups in total. The highest BCUT2D eigenvalue weighted by molar-refractivity contribution is 6.35. The molecule has 2 rings (SSSR count). The number of carbonyl (C=O) groups excluding carboxylic acids is 1. The zero-order chi connectivity index (χ0) is 16.7. The van der Waals surface area contributed by atoms with Crippen molar-refractivity contribution in [3.05, 3.63) is 70.0 Å². The Labute approximate surface area is 146 Å². The number of benzene rings is 1. The minimum absolute atomic E-state index is 0.0347. The average Bonchev–Trinajstić information content (AvgIpc) is 2.55. The van der Waals surface area contributed by atoms with Crippen molar-refractivity contribution in [1.29, 1.82) is 0 Å². The summed E-state index contributed by atoms with van der Waals surface area (Å²) in [6.45, 7) is 3.29. The molecule has 0 aliphatic heterocycles. The van der Waals surface area contributed by atoms with Crippen molar-refractivity contribution in [3.63, 3.8) is 0 Å². The van der Waals surface area contributed by atoms with Crippen LogP contribution in [-0.4, -0.2) is 28.9 Å². The van der Waals surface area contributed by atoms with E-state index in [1.54, 1.807) is 47.6 Å². The average molecular weight is 349 g/mol. The molecule has 3 nitrogen and oxygen atoms in total. The third-order valence-electron chi connectivity index (χ3n) is 3.48. The minimum atomic E-state index is -0.0347. The normalized spacial score (nSPS) is 10.9. The lowest BCUT2D eigenvalue weighted by molar-refractivity contribution is -0.125. The van der Waals surface area contributed by atoms with Crippen molar-refractivity contribution >= 4 is 35.2 Å². The number of hydrogen-bond acceptors (Lipinski definition) is 2. The maximum absolute atomic E-state index is 12.3. The molecule has 5 heteroatoms. The van der Waals surface area contributed by atoms with Gasteiger partial charge < -0.3 is 4.90 Å². The summed E-state index contributed by atoms with van der Waals surface area (Å²) in [5.41, 5.74) is 1.94. The number of carbonyl (C=O) groups is 1. The number of pyridine rings is 1. The van der Waals surface area contributed by atoms with Crippen LogP contribution in [-0.2, 0) is 11.2 Å². The Bertz CT molecular complexity index is 687. The summed E-state index contributed by atoms with van der Waals surface area (Å²) in [5.74, 6) is -0.0347. The Morgan fingerprint density at radius 3 is 2.61 bits per heavy atom. The fraction of sp³-hybridized carbons (Fsp3) is 0.222. The van der Waals surface area contributed by atoms with Crippen LogP contribution in [0.2, 0.25) is 10.0 Å². The van der Waals surface area contributed by atoms with E-state index in [4.69, 9.17) is 23.2 Å². The number of aromatic nitrogens is 1. The number of halogens is 2. The second-order valence-corrected chi connectivity index (χ2v) is 5.87. The third kappa shape index (κ3) is 5.38. The van der Waals surface area contributed by atoms with Gasteiger partial charge in [-0.3, -0.25) is 9.78 Å². The number of nitrogens with zero attached hydrogens (tertiary/aromatic N) is 2. The molecule has 1 amide bonds. The topological polar surface area (TPSA) is 33.2 Å². The molecule has 1 heterocycles. The van der Waals surface area contributed by atoms with E-state index in [-0.39, 0.29) is 5.91 Å². The minimum Gasteiger partial charge on any atom is -0.339 e. The molecule has 0 unspecified atom stereocenters. The van der Waals surface area contributed by atoms with Crippen LogP contribution in [0.5, 0.6) is 0 Å². The predicted octanol–water partition coefficient (Wildman–Crippen LogP) is 4.49. The van der Waals surface area contributed by atoms with E-state index >= 15 is 0 Å². The number of amides is 1. The zero-order valence-electron chi connectivity index (χ0n) is 12.9. The first-order valence-corrected chi connectivity index (χ1v) is 8.16. The summed E-state index contributed by atoms with van der Waals surface area (Å²) in [6, 6.07) is 9.12. The van der Waals surface area contributed by atoms with E-state index in [1.165, 1.54) is 0 Å². The van der Waals surface area contributed by atoms with Gasteiger partial charge in [0.25, 0.3) is 0 Å². The van der Waals surface area contributed by atoms with Crippen LogP contribution in [0, 0.1) is 0 Å². The SMILES string of the molecule is CCN(CCc1ccncc1)C(=O)/C=C/c1ccc(Cl)cc1Cl. The van der Waals surface area contributed by atoms with Crippen molar-refractivity contribution in [3.8, 4) is 0 Å². The van der Waals surface area contributed by atoms with Gasteiger partial charge in [-0.15, -0.1) is 0 Å². The number of hydrogen-bond donors (Lipinski definition) is 0. The summed E-state index contributed by atoms with van der Waals surface area (Å²) in [5, 5.41) is 1.10. The number of rotatable bonds is 6. The van der Waals surface area contributed by atoms with Crippen LogP contribution in [0.15, 0.2) is 48.8 Å². The Hall–Kier alpha value is -1.84. The molecule has 0 saturated heterocycles. The molecule has 0 radical (unpaired) electrons. The lowest BCUT2D eigenvalue weighted by Crippen LogP contribution is -2.31. The highest BCUT2D eigenvalue weighted by Gasteiger charge is 2.08. The molecule has 1 aromatic heterocycles. The van der Waals surface area contributed by atoms with E-state index in [9.17, 15) is 4.79 Å². The third-order valence-corrected chi connectivity index (χ3v) is 4.04. The van der Waals surface area contributed by atoms with Crippen LogP contribution < -0.4 is 0 Å². The summed E-state index contributed by atoms with van der Waals surface area (Å²) in [6.07, 6.45) is 7.59. The Balaban J connectivity index is 1.97. The van der Waals surface area contributed by atoms with E-state index in [0.717, 1.165) is 17.5 Å². The van der Waals surface area contributed by atoms with Crippen LogP contribution in [0.3, 0.4) is 0 Å². The molecular weight excluding hydrogens is 331 g/mol. The van der Waals surface area contributed by atoms with Crippen LogP contribution in [0.4, 0.5) is 0 Å². The van der Waals surface area contributed by atoms with Crippen molar-refractivity contribution in [1.82, 2.24) is 9.88 Å². The lowest BCUT2D eigenvalue weighted by atomic mass is 10.2. The zero-order valence-corrected chi connectivity index (χ0v) is 14.4. The molecule has 1 aromatic carbocycles. The quantitative estimate of drug-likeness (QED) is 0.720. The first kappa shape index (κ1) is 17.5. The van der Waals surface area contributed by atoms with Gasteiger partial charge in [-0.1, -0.05) is 29.3 Å². The number of likely N-dealkylation sites (N-methyl/N-ethyl adjacent to an activating group) is 1. The molecule has 0 bridgehead atoms. The van der Waals surface area contributed by atoms with Crippen molar-refractivity contribution < 1.29 is 4.79 Å². The van der Waals surface area contributed by atoms with Gasteiger partial charge in [-0.2, -0.15) is 0 Å². The van der Waals surface area contributed by atoms with Crippen LogP contribution in [0.1, 0.15) is 18.1 Å². The van der Waals surface area contributed by atoms with Crippen LogP contribution >= 0.6 is 23.2 Å². The summed E-state index contributed by atoms with van der Waals surface area (Å²) < 4.78 is 0. The van der Waals surface area contributed by atoms with Gasteiger partial charge in [0.1, 0.15) is 0 Å². The Morgan fingerprint density at radius 1 is 1.22 bits per heavy atom. The van der Waals surface area contributed by atoms with Crippen LogP contribution in [0.25, 0.3) is 6.08 Å². The highest BCUT2D eigenvalue weighted by Crippen LogP contribution is 2.22. The Kier molecular flexibility index (Phi) is 6.63. The van der Waals surface area contributed by atoms with E-state index < -0.39 is 0 Å². The predicted molar refractivity (Wildman–Crippen MR) is 95.7 cm³/mol. The van der Waals surface area contributed by atoms with Crippen molar-refractivity contribution in [2.75, 3.05) is 13.1 Å². The summed E-state index contributed by atoms with van der Waals surface area (Å²) >= 11 is 12.0. The molecule has 0 saturated carbocycles. The second-order valence-electron chi connectivity index (χ2n) is 5.02. The lowest BCUT2D eigenvalue weighted by Gasteiger charge is -2.19. The van der Waals surface area contributed by atoms with Crippen molar-refractivity contribution in [2.24, 2.45) is 0 Å². The second kappa shape index (κ2) is 8.70. The molecule has 0 atom stereocenters. The Morgan fingerprint density at radius 2 is 1.96 bits per heavy atom. The molecule has 0 fully saturated rings. The standard InChI is InChI=1S/C18H18Cl2N2O/c1-2-22(12-9-14-7-10-21-11-8-14)18(23)6-4-15-3-5-16(19)13-17(15)20/h3-8,10-11,13H,2,9,12H2,1H3/b6-4+. The molecular formula is C18H18Cl2N2O. The smallest absolute Gasteiger partial charge is 0.246 e.